The molecule has 0 spiro atoms. The van der Waals surface area contributed by atoms with E-state index in [0.717, 1.165) is 44.5 Å². The second-order valence-corrected chi connectivity index (χ2v) is 7.20. The lowest BCUT2D eigenvalue weighted by atomic mass is 10.0. The van der Waals surface area contributed by atoms with E-state index in [-0.39, 0.29) is 5.91 Å². The van der Waals surface area contributed by atoms with E-state index in [1.165, 1.54) is 17.7 Å². The van der Waals surface area contributed by atoms with Crippen LogP contribution in [0.25, 0.3) is 0 Å². The summed E-state index contributed by atoms with van der Waals surface area (Å²) in [6, 6.07) is 0.331. The van der Waals surface area contributed by atoms with Crippen molar-refractivity contribution in [2.75, 3.05) is 18.4 Å². The van der Waals surface area contributed by atoms with Crippen molar-refractivity contribution >= 4 is 22.4 Å². The number of carbonyl (C=O) groups is 1. The van der Waals surface area contributed by atoms with Crippen LogP contribution >= 0.6 is 11.3 Å². The molecule has 3 heterocycles. The van der Waals surface area contributed by atoms with Crippen LogP contribution in [-0.4, -0.2) is 39.0 Å². The summed E-state index contributed by atoms with van der Waals surface area (Å²) in [6.07, 6.45) is 8.29. The van der Waals surface area contributed by atoms with E-state index < -0.39 is 0 Å². The van der Waals surface area contributed by atoms with Gasteiger partial charge in [0.2, 0.25) is 0 Å². The number of hydrogen-bond donors (Lipinski definition) is 2. The summed E-state index contributed by atoms with van der Waals surface area (Å²) in [4.78, 5) is 18.2. The zero-order valence-corrected chi connectivity index (χ0v) is 13.7. The van der Waals surface area contributed by atoms with Gasteiger partial charge in [0, 0.05) is 4.88 Å². The van der Waals surface area contributed by atoms with Gasteiger partial charge < -0.3 is 5.32 Å². The molecular weight excluding hydrogens is 312 g/mol. The SMILES string of the molecule is O=C(Nc1nc2c(s1)CCCC2)c1cn(C2CCNCC2)nn1. The number of nitrogens with one attached hydrogen (secondary N) is 2. The highest BCUT2D eigenvalue weighted by Gasteiger charge is 2.20. The summed E-state index contributed by atoms with van der Waals surface area (Å²) in [6.45, 7) is 1.97. The predicted molar refractivity (Wildman–Crippen MR) is 87.9 cm³/mol. The number of nitrogens with zero attached hydrogens (tertiary/aromatic N) is 4. The van der Waals surface area contributed by atoms with Crippen molar-refractivity contribution in [3.05, 3.63) is 22.5 Å². The molecule has 0 aromatic carbocycles. The monoisotopic (exact) mass is 332 g/mol. The van der Waals surface area contributed by atoms with Crippen molar-refractivity contribution in [3.63, 3.8) is 0 Å². The average molecular weight is 332 g/mol. The lowest BCUT2D eigenvalue weighted by molar-refractivity contribution is 0.102. The molecule has 2 aliphatic rings. The molecule has 0 bridgehead atoms. The Morgan fingerprint density at radius 3 is 2.96 bits per heavy atom. The zero-order chi connectivity index (χ0) is 15.6. The Morgan fingerprint density at radius 2 is 2.13 bits per heavy atom. The molecule has 4 rings (SSSR count). The Kier molecular flexibility index (Phi) is 4.09. The molecule has 0 saturated carbocycles. The largest absolute Gasteiger partial charge is 0.317 e. The first-order chi connectivity index (χ1) is 11.3. The molecule has 122 valence electrons. The summed E-state index contributed by atoms with van der Waals surface area (Å²) in [5.74, 6) is -0.226. The van der Waals surface area contributed by atoms with Crippen molar-refractivity contribution in [2.45, 2.75) is 44.6 Å². The molecule has 0 unspecified atom stereocenters. The molecule has 1 aliphatic heterocycles. The highest BCUT2D eigenvalue weighted by molar-refractivity contribution is 7.15. The number of rotatable bonds is 3. The fourth-order valence-electron chi connectivity index (χ4n) is 3.20. The molecule has 2 aromatic heterocycles. The minimum absolute atomic E-state index is 0.226. The maximum Gasteiger partial charge on any atom is 0.279 e. The lowest BCUT2D eigenvalue weighted by Gasteiger charge is -2.21. The maximum absolute atomic E-state index is 12.4. The summed E-state index contributed by atoms with van der Waals surface area (Å²) in [5, 5.41) is 15.0. The molecule has 1 amide bonds. The van der Waals surface area contributed by atoms with Crippen molar-refractivity contribution < 1.29 is 4.79 Å². The Balaban J connectivity index is 1.44. The Labute approximate surface area is 138 Å². The van der Waals surface area contributed by atoms with Crippen LogP contribution in [0.4, 0.5) is 5.13 Å². The quantitative estimate of drug-likeness (QED) is 0.895. The van der Waals surface area contributed by atoms with Gasteiger partial charge in [0.25, 0.3) is 5.91 Å². The van der Waals surface area contributed by atoms with Gasteiger partial charge in [0.15, 0.2) is 10.8 Å². The number of piperidine rings is 1. The van der Waals surface area contributed by atoms with E-state index in [1.807, 2.05) is 4.68 Å². The van der Waals surface area contributed by atoms with Crippen molar-refractivity contribution in [2.24, 2.45) is 0 Å². The molecule has 2 N–H and O–H groups in total. The molecule has 1 aliphatic carbocycles. The van der Waals surface area contributed by atoms with Gasteiger partial charge in [-0.15, -0.1) is 16.4 Å². The van der Waals surface area contributed by atoms with Gasteiger partial charge in [0.05, 0.1) is 17.9 Å². The number of thiazole rings is 1. The number of anilines is 1. The van der Waals surface area contributed by atoms with E-state index in [9.17, 15) is 4.79 Å². The molecule has 23 heavy (non-hydrogen) atoms. The lowest BCUT2D eigenvalue weighted by Crippen LogP contribution is -2.29. The number of aromatic nitrogens is 4. The molecule has 7 nitrogen and oxygen atoms in total. The van der Waals surface area contributed by atoms with Crippen LogP contribution in [0.5, 0.6) is 0 Å². The van der Waals surface area contributed by atoms with E-state index in [4.69, 9.17) is 0 Å². The third-order valence-electron chi connectivity index (χ3n) is 4.49. The van der Waals surface area contributed by atoms with Gasteiger partial charge in [-0.3, -0.25) is 10.1 Å². The number of fused-ring (bicyclic) bond motifs is 1. The van der Waals surface area contributed by atoms with Crippen LogP contribution in [0.1, 0.15) is 52.8 Å². The third-order valence-corrected chi connectivity index (χ3v) is 5.56. The van der Waals surface area contributed by atoms with Gasteiger partial charge in [-0.1, -0.05) is 5.21 Å². The first-order valence-electron chi connectivity index (χ1n) is 8.22. The first kappa shape index (κ1) is 14.8. The average Bonchev–Trinajstić information content (AvgIpc) is 3.22. The van der Waals surface area contributed by atoms with Crippen LogP contribution < -0.4 is 10.6 Å². The minimum Gasteiger partial charge on any atom is -0.317 e. The standard InChI is InChI=1S/C15H20N6OS/c22-14(18-15-17-11-3-1-2-4-13(11)23-15)12-9-21(20-19-12)10-5-7-16-8-6-10/h9-10,16H,1-8H2,(H,17,18,22). The second kappa shape index (κ2) is 6.37. The normalized spacial score (nSPS) is 18.6. The Morgan fingerprint density at radius 1 is 1.30 bits per heavy atom. The predicted octanol–water partition coefficient (Wildman–Crippen LogP) is 1.79. The topological polar surface area (TPSA) is 84.7 Å². The molecule has 0 atom stereocenters. The minimum atomic E-state index is -0.226. The van der Waals surface area contributed by atoms with Crippen LogP contribution in [0.2, 0.25) is 0 Å². The fraction of sp³-hybridized carbons (Fsp3) is 0.600. The summed E-state index contributed by atoms with van der Waals surface area (Å²) >= 11 is 1.59. The Hall–Kier alpha value is -1.80. The number of hydrogen-bond acceptors (Lipinski definition) is 6. The van der Waals surface area contributed by atoms with Crippen molar-refractivity contribution in [3.8, 4) is 0 Å². The van der Waals surface area contributed by atoms with Gasteiger partial charge in [0.1, 0.15) is 0 Å². The summed E-state index contributed by atoms with van der Waals surface area (Å²) in [7, 11) is 0. The van der Waals surface area contributed by atoms with E-state index in [1.54, 1.807) is 17.5 Å². The van der Waals surface area contributed by atoms with Crippen molar-refractivity contribution in [1.82, 2.24) is 25.3 Å². The van der Waals surface area contributed by atoms with E-state index in [0.29, 0.717) is 16.9 Å². The van der Waals surface area contributed by atoms with Crippen molar-refractivity contribution in [1.29, 1.82) is 0 Å². The van der Waals surface area contributed by atoms with Gasteiger partial charge in [-0.05, 0) is 51.6 Å². The molecule has 2 aromatic rings. The number of amides is 1. The molecule has 1 fully saturated rings. The fourth-order valence-corrected chi connectivity index (χ4v) is 4.24. The van der Waals surface area contributed by atoms with Gasteiger partial charge >= 0.3 is 0 Å². The second-order valence-electron chi connectivity index (χ2n) is 6.12. The highest BCUT2D eigenvalue weighted by atomic mass is 32.1. The zero-order valence-electron chi connectivity index (χ0n) is 12.9. The number of aryl methyl sites for hydroxylation is 2. The number of carbonyl (C=O) groups excluding carboxylic acids is 1. The van der Waals surface area contributed by atoms with E-state index in [2.05, 4.69) is 25.9 Å². The highest BCUT2D eigenvalue weighted by Crippen LogP contribution is 2.29. The summed E-state index contributed by atoms with van der Waals surface area (Å²) in [5.41, 5.74) is 1.51. The molecule has 1 saturated heterocycles. The van der Waals surface area contributed by atoms with Gasteiger partial charge in [-0.2, -0.15) is 0 Å². The van der Waals surface area contributed by atoms with Crippen LogP contribution in [0, 0.1) is 0 Å². The van der Waals surface area contributed by atoms with Gasteiger partial charge in [-0.25, -0.2) is 9.67 Å². The molecule has 8 heteroatoms. The summed E-state index contributed by atoms with van der Waals surface area (Å²) < 4.78 is 1.82. The molecular formula is C15H20N6OS. The van der Waals surface area contributed by atoms with Crippen LogP contribution in [0.15, 0.2) is 6.20 Å². The van der Waals surface area contributed by atoms with Crippen LogP contribution in [-0.2, 0) is 12.8 Å². The van der Waals surface area contributed by atoms with Crippen LogP contribution in [0.3, 0.4) is 0 Å². The first-order valence-corrected chi connectivity index (χ1v) is 9.04. The third kappa shape index (κ3) is 3.13. The Bertz CT molecular complexity index is 679. The van der Waals surface area contributed by atoms with E-state index >= 15 is 0 Å². The maximum atomic E-state index is 12.4. The smallest absolute Gasteiger partial charge is 0.279 e. The molecule has 0 radical (unpaired) electrons.